The maximum absolute atomic E-state index is 5.57. The monoisotopic (exact) mass is 328 g/mol. The molecule has 0 bridgehead atoms. The van der Waals surface area contributed by atoms with Crippen molar-refractivity contribution in [3.05, 3.63) is 0 Å². The zero-order valence-electron chi connectivity index (χ0n) is 15.8. The Morgan fingerprint density at radius 1 is 0.609 bits per heavy atom. The molecule has 0 aromatic heterocycles. The fourth-order valence-corrected chi connectivity index (χ4v) is 2.87. The molecular formula is C19H44N4. The van der Waals surface area contributed by atoms with Gasteiger partial charge in [0.15, 0.2) is 0 Å². The lowest BCUT2D eigenvalue weighted by molar-refractivity contribution is 0.382. The van der Waals surface area contributed by atoms with E-state index >= 15 is 0 Å². The normalized spacial score (nSPS) is 11.5. The van der Waals surface area contributed by atoms with Crippen LogP contribution in [0.2, 0.25) is 0 Å². The smallest absolute Gasteiger partial charge is 0.0571 e. The van der Waals surface area contributed by atoms with E-state index in [9.17, 15) is 0 Å². The molecular weight excluding hydrogens is 284 g/mol. The Bertz CT molecular complexity index is 202. The summed E-state index contributed by atoms with van der Waals surface area (Å²) in [6.07, 6.45) is 17.7. The van der Waals surface area contributed by atoms with E-state index in [-0.39, 0.29) is 0 Å². The summed E-state index contributed by atoms with van der Waals surface area (Å²) in [6, 6.07) is 0. The standard InChI is InChI=1S/C19H44N4/c1-2-3-4-5-6-7-8-9-10-11-14-19(22-17-12-15-20)23-18-13-16-21/h19,22-23H,2-18,20-21H2,1H3. The zero-order valence-corrected chi connectivity index (χ0v) is 15.8. The van der Waals surface area contributed by atoms with E-state index in [0.717, 1.165) is 39.0 Å². The van der Waals surface area contributed by atoms with Crippen LogP contribution in [0.4, 0.5) is 0 Å². The second-order valence-corrected chi connectivity index (χ2v) is 6.72. The van der Waals surface area contributed by atoms with E-state index in [0.29, 0.717) is 6.17 Å². The van der Waals surface area contributed by atoms with Crippen molar-refractivity contribution in [2.45, 2.75) is 96.6 Å². The van der Waals surface area contributed by atoms with Crippen molar-refractivity contribution < 1.29 is 0 Å². The van der Waals surface area contributed by atoms with Gasteiger partial charge in [0.1, 0.15) is 0 Å². The first kappa shape index (κ1) is 22.8. The van der Waals surface area contributed by atoms with Crippen molar-refractivity contribution in [2.75, 3.05) is 26.2 Å². The molecule has 0 saturated heterocycles. The Kier molecular flexibility index (Phi) is 19.7. The molecule has 0 radical (unpaired) electrons. The van der Waals surface area contributed by atoms with Crippen LogP contribution in [-0.4, -0.2) is 32.3 Å². The SMILES string of the molecule is CCCCCCCCCCCCC(NCCCN)NCCCN. The summed E-state index contributed by atoms with van der Waals surface area (Å²) in [5.41, 5.74) is 11.1. The Morgan fingerprint density at radius 2 is 1.04 bits per heavy atom. The van der Waals surface area contributed by atoms with Crippen LogP contribution in [0.5, 0.6) is 0 Å². The van der Waals surface area contributed by atoms with Crippen molar-refractivity contribution in [1.82, 2.24) is 10.6 Å². The summed E-state index contributed by atoms with van der Waals surface area (Å²) in [5, 5.41) is 7.16. The summed E-state index contributed by atoms with van der Waals surface area (Å²) < 4.78 is 0. The fourth-order valence-electron chi connectivity index (χ4n) is 2.87. The van der Waals surface area contributed by atoms with Gasteiger partial charge in [0.25, 0.3) is 0 Å². The van der Waals surface area contributed by atoms with Crippen LogP contribution >= 0.6 is 0 Å². The summed E-state index contributed by atoms with van der Waals surface area (Å²) in [4.78, 5) is 0. The average molecular weight is 329 g/mol. The predicted octanol–water partition coefficient (Wildman–Crippen LogP) is 3.50. The van der Waals surface area contributed by atoms with E-state index < -0.39 is 0 Å². The number of rotatable bonds is 19. The van der Waals surface area contributed by atoms with Gasteiger partial charge in [0.05, 0.1) is 6.17 Å². The molecule has 0 rings (SSSR count). The van der Waals surface area contributed by atoms with E-state index in [4.69, 9.17) is 11.5 Å². The number of hydrogen-bond donors (Lipinski definition) is 4. The molecule has 0 amide bonds. The molecule has 4 heteroatoms. The molecule has 4 nitrogen and oxygen atoms in total. The van der Waals surface area contributed by atoms with E-state index in [1.807, 2.05) is 0 Å². The van der Waals surface area contributed by atoms with E-state index in [1.165, 1.54) is 70.6 Å². The van der Waals surface area contributed by atoms with Gasteiger partial charge in [-0.15, -0.1) is 0 Å². The van der Waals surface area contributed by atoms with Gasteiger partial charge in [-0.2, -0.15) is 0 Å². The molecule has 0 spiro atoms. The lowest BCUT2D eigenvalue weighted by Crippen LogP contribution is -2.43. The molecule has 23 heavy (non-hydrogen) atoms. The van der Waals surface area contributed by atoms with Crippen LogP contribution in [0.15, 0.2) is 0 Å². The highest BCUT2D eigenvalue weighted by Crippen LogP contribution is 2.11. The molecule has 0 unspecified atom stereocenters. The van der Waals surface area contributed by atoms with Crippen LogP contribution in [0, 0.1) is 0 Å². The number of hydrogen-bond acceptors (Lipinski definition) is 4. The summed E-state index contributed by atoms with van der Waals surface area (Å²) in [7, 11) is 0. The Labute approximate surface area is 145 Å². The number of unbranched alkanes of at least 4 members (excludes halogenated alkanes) is 9. The lowest BCUT2D eigenvalue weighted by Gasteiger charge is -2.20. The molecule has 0 aromatic rings. The molecule has 0 atom stereocenters. The molecule has 0 aliphatic rings. The van der Waals surface area contributed by atoms with Gasteiger partial charge < -0.3 is 22.1 Å². The summed E-state index contributed by atoms with van der Waals surface area (Å²) in [5.74, 6) is 0. The van der Waals surface area contributed by atoms with Crippen LogP contribution < -0.4 is 22.1 Å². The molecule has 0 aliphatic heterocycles. The maximum Gasteiger partial charge on any atom is 0.0571 e. The minimum absolute atomic E-state index is 0.433. The van der Waals surface area contributed by atoms with Crippen molar-refractivity contribution in [2.24, 2.45) is 11.5 Å². The highest BCUT2D eigenvalue weighted by molar-refractivity contribution is 4.65. The van der Waals surface area contributed by atoms with Gasteiger partial charge in [-0.25, -0.2) is 0 Å². The van der Waals surface area contributed by atoms with Gasteiger partial charge in [-0.05, 0) is 45.4 Å². The Balaban J connectivity index is 3.48. The predicted molar refractivity (Wildman–Crippen MR) is 104 cm³/mol. The van der Waals surface area contributed by atoms with Gasteiger partial charge in [0.2, 0.25) is 0 Å². The second-order valence-electron chi connectivity index (χ2n) is 6.72. The van der Waals surface area contributed by atoms with Crippen molar-refractivity contribution in [3.63, 3.8) is 0 Å². The third-order valence-corrected chi connectivity index (χ3v) is 4.39. The fraction of sp³-hybridized carbons (Fsp3) is 1.00. The maximum atomic E-state index is 5.57. The van der Waals surface area contributed by atoms with Crippen LogP contribution in [-0.2, 0) is 0 Å². The molecule has 0 fully saturated rings. The minimum atomic E-state index is 0.433. The Hall–Kier alpha value is -0.160. The third kappa shape index (κ3) is 18.0. The van der Waals surface area contributed by atoms with Crippen molar-refractivity contribution >= 4 is 0 Å². The van der Waals surface area contributed by atoms with Crippen LogP contribution in [0.1, 0.15) is 90.4 Å². The van der Waals surface area contributed by atoms with Crippen LogP contribution in [0.25, 0.3) is 0 Å². The highest BCUT2D eigenvalue weighted by atomic mass is 15.1. The second kappa shape index (κ2) is 19.9. The number of nitrogens with two attached hydrogens (primary N) is 2. The average Bonchev–Trinajstić information content (AvgIpc) is 2.56. The number of nitrogens with one attached hydrogen (secondary N) is 2. The molecule has 140 valence electrons. The lowest BCUT2D eigenvalue weighted by atomic mass is 10.1. The van der Waals surface area contributed by atoms with E-state index in [2.05, 4.69) is 17.6 Å². The highest BCUT2D eigenvalue weighted by Gasteiger charge is 2.06. The topological polar surface area (TPSA) is 76.1 Å². The molecule has 0 aromatic carbocycles. The van der Waals surface area contributed by atoms with Gasteiger partial charge in [0, 0.05) is 0 Å². The first-order chi connectivity index (χ1) is 11.3. The van der Waals surface area contributed by atoms with E-state index in [1.54, 1.807) is 0 Å². The van der Waals surface area contributed by atoms with Crippen LogP contribution in [0.3, 0.4) is 0 Å². The zero-order chi connectivity index (χ0) is 17.0. The minimum Gasteiger partial charge on any atom is -0.330 e. The quantitative estimate of drug-likeness (QED) is 0.216. The van der Waals surface area contributed by atoms with Gasteiger partial charge in [-0.3, -0.25) is 0 Å². The first-order valence-electron chi connectivity index (χ1n) is 10.2. The summed E-state index contributed by atoms with van der Waals surface area (Å²) >= 11 is 0. The van der Waals surface area contributed by atoms with Gasteiger partial charge >= 0.3 is 0 Å². The molecule has 0 saturated carbocycles. The Morgan fingerprint density at radius 3 is 1.48 bits per heavy atom. The molecule has 6 N–H and O–H groups in total. The largest absolute Gasteiger partial charge is 0.330 e. The third-order valence-electron chi connectivity index (χ3n) is 4.39. The molecule has 0 heterocycles. The van der Waals surface area contributed by atoms with Crippen molar-refractivity contribution in [1.29, 1.82) is 0 Å². The van der Waals surface area contributed by atoms with Crippen molar-refractivity contribution in [3.8, 4) is 0 Å². The summed E-state index contributed by atoms with van der Waals surface area (Å²) in [6.45, 7) is 5.83. The van der Waals surface area contributed by atoms with Gasteiger partial charge in [-0.1, -0.05) is 71.1 Å². The molecule has 0 aliphatic carbocycles. The first-order valence-corrected chi connectivity index (χ1v) is 10.2.